The predicted octanol–water partition coefficient (Wildman–Crippen LogP) is 5.73. The highest BCUT2D eigenvalue weighted by Gasteiger charge is 2.47. The third-order valence-electron chi connectivity index (χ3n) is 6.37. The van der Waals surface area contributed by atoms with Gasteiger partial charge in [0, 0.05) is 7.11 Å². The van der Waals surface area contributed by atoms with Gasteiger partial charge in [0.05, 0.1) is 32.5 Å². The molecule has 0 bridgehead atoms. The summed E-state index contributed by atoms with van der Waals surface area (Å²) in [6.07, 6.45) is 0.934. The molecule has 190 valence electrons. The monoisotopic (exact) mass is 488 g/mol. The maximum absolute atomic E-state index is 6.53. The number of hydrogen-bond donors (Lipinski definition) is 0. The van der Waals surface area contributed by atoms with Gasteiger partial charge < -0.3 is 23.7 Å². The summed E-state index contributed by atoms with van der Waals surface area (Å²) in [5.74, 6) is 0. The Kier molecular flexibility index (Phi) is 10.3. The van der Waals surface area contributed by atoms with E-state index in [9.17, 15) is 0 Å². The molecule has 5 nitrogen and oxygen atoms in total. The summed E-state index contributed by atoms with van der Waals surface area (Å²) in [4.78, 5) is 0. The first-order chi connectivity index (χ1) is 17.8. The second-order valence-corrected chi connectivity index (χ2v) is 8.96. The molecule has 5 heteroatoms. The molecule has 1 aliphatic rings. The molecular weight excluding hydrogens is 452 g/mol. The molecule has 0 aliphatic carbocycles. The van der Waals surface area contributed by atoms with Crippen molar-refractivity contribution in [2.75, 3.05) is 13.7 Å². The van der Waals surface area contributed by atoms with E-state index in [0.717, 1.165) is 16.7 Å². The zero-order valence-corrected chi connectivity index (χ0v) is 20.9. The van der Waals surface area contributed by atoms with Crippen molar-refractivity contribution in [2.24, 2.45) is 0 Å². The largest absolute Gasteiger partial charge is 0.376 e. The molecule has 1 fully saturated rings. The van der Waals surface area contributed by atoms with Crippen LogP contribution in [-0.4, -0.2) is 44.2 Å². The van der Waals surface area contributed by atoms with Crippen LogP contribution in [0.3, 0.4) is 0 Å². The average molecular weight is 489 g/mol. The minimum absolute atomic E-state index is 0.213. The van der Waals surface area contributed by atoms with Crippen LogP contribution in [0.4, 0.5) is 0 Å². The quantitative estimate of drug-likeness (QED) is 0.288. The molecule has 4 rings (SSSR count). The van der Waals surface area contributed by atoms with E-state index in [1.807, 2.05) is 60.7 Å². The van der Waals surface area contributed by atoms with Crippen molar-refractivity contribution in [3.63, 3.8) is 0 Å². The van der Waals surface area contributed by atoms with Crippen molar-refractivity contribution in [2.45, 2.75) is 56.8 Å². The summed E-state index contributed by atoms with van der Waals surface area (Å²) in [5.41, 5.74) is 3.30. The van der Waals surface area contributed by atoms with Crippen molar-refractivity contribution >= 4 is 0 Å². The van der Waals surface area contributed by atoms with Gasteiger partial charge in [-0.05, 0) is 23.1 Å². The number of hydrogen-bond acceptors (Lipinski definition) is 5. The van der Waals surface area contributed by atoms with Crippen molar-refractivity contribution in [1.82, 2.24) is 0 Å². The van der Waals surface area contributed by atoms with Crippen molar-refractivity contribution in [3.8, 4) is 0 Å². The Balaban J connectivity index is 1.54. The summed E-state index contributed by atoms with van der Waals surface area (Å²) >= 11 is 0. The van der Waals surface area contributed by atoms with Crippen LogP contribution in [-0.2, 0) is 43.5 Å². The summed E-state index contributed by atoms with van der Waals surface area (Å²) in [5, 5.41) is 0. The highest BCUT2D eigenvalue weighted by atomic mass is 16.6. The van der Waals surface area contributed by atoms with Gasteiger partial charge in [0.25, 0.3) is 0 Å². The number of benzene rings is 3. The van der Waals surface area contributed by atoms with Gasteiger partial charge in [0.15, 0.2) is 0 Å². The number of methoxy groups -OCH3 is 1. The van der Waals surface area contributed by atoms with Gasteiger partial charge in [-0.15, -0.1) is 6.58 Å². The predicted molar refractivity (Wildman–Crippen MR) is 140 cm³/mol. The van der Waals surface area contributed by atoms with Gasteiger partial charge in [-0.25, -0.2) is 0 Å². The summed E-state index contributed by atoms with van der Waals surface area (Å²) < 4.78 is 31.6. The van der Waals surface area contributed by atoms with E-state index in [0.29, 0.717) is 32.8 Å². The Bertz CT molecular complexity index is 1010. The molecule has 36 heavy (non-hydrogen) atoms. The third kappa shape index (κ3) is 7.36. The highest BCUT2D eigenvalue weighted by molar-refractivity contribution is 5.15. The standard InChI is InChI=1S/C31H36O5/c1-3-13-27-29(32-2)31(35-22-26-18-11-6-12-19-26)30(34-21-25-16-9-5-10-17-25)28(36-27)23-33-20-24-14-7-4-8-15-24/h3-12,14-19,27-31H,1,13,20-23H2,2H3/t27-,28-,29-,30-,31-/m1/s1. The SMILES string of the molecule is C=CC[C@H]1O[C@H](COCc2ccccc2)[C@@H](OCc2ccccc2)[C@H](OCc2ccccc2)[C@@H]1OC. The zero-order valence-electron chi connectivity index (χ0n) is 20.9. The lowest BCUT2D eigenvalue weighted by Crippen LogP contribution is -2.60. The van der Waals surface area contributed by atoms with Crippen LogP contribution in [0.5, 0.6) is 0 Å². The smallest absolute Gasteiger partial charge is 0.115 e. The molecule has 1 heterocycles. The van der Waals surface area contributed by atoms with Crippen LogP contribution in [0, 0.1) is 0 Å². The normalized spacial score (nSPS) is 23.9. The van der Waals surface area contributed by atoms with Crippen LogP contribution < -0.4 is 0 Å². The summed E-state index contributed by atoms with van der Waals surface area (Å²) in [7, 11) is 1.70. The lowest BCUT2D eigenvalue weighted by molar-refractivity contribution is -0.265. The second kappa shape index (κ2) is 14.1. The van der Waals surface area contributed by atoms with E-state index in [2.05, 4.69) is 43.0 Å². The summed E-state index contributed by atoms with van der Waals surface area (Å²) in [6, 6.07) is 30.4. The van der Waals surface area contributed by atoms with Crippen molar-refractivity contribution < 1.29 is 23.7 Å². The van der Waals surface area contributed by atoms with E-state index in [1.54, 1.807) is 7.11 Å². The average Bonchev–Trinajstić information content (AvgIpc) is 2.93. The van der Waals surface area contributed by atoms with Gasteiger partial charge in [0.1, 0.15) is 24.4 Å². The van der Waals surface area contributed by atoms with Crippen LogP contribution in [0.25, 0.3) is 0 Å². The van der Waals surface area contributed by atoms with Gasteiger partial charge in [-0.2, -0.15) is 0 Å². The molecule has 0 unspecified atom stereocenters. The van der Waals surface area contributed by atoms with E-state index < -0.39 is 0 Å². The Labute approximate surface area is 214 Å². The molecule has 0 amide bonds. The zero-order chi connectivity index (χ0) is 25.0. The molecule has 3 aromatic rings. The first-order valence-electron chi connectivity index (χ1n) is 12.5. The lowest BCUT2D eigenvalue weighted by atomic mass is 9.92. The Morgan fingerprint density at radius 3 is 1.67 bits per heavy atom. The molecule has 0 spiro atoms. The second-order valence-electron chi connectivity index (χ2n) is 8.96. The van der Waals surface area contributed by atoms with Crippen molar-refractivity contribution in [3.05, 3.63) is 120 Å². The van der Waals surface area contributed by atoms with E-state index in [1.165, 1.54) is 0 Å². The molecule has 0 aromatic heterocycles. The molecule has 0 saturated carbocycles. The minimum atomic E-state index is -0.379. The van der Waals surface area contributed by atoms with Crippen LogP contribution >= 0.6 is 0 Å². The fraction of sp³-hybridized carbons (Fsp3) is 0.355. The molecule has 3 aromatic carbocycles. The van der Waals surface area contributed by atoms with Gasteiger partial charge in [0.2, 0.25) is 0 Å². The van der Waals surface area contributed by atoms with Crippen LogP contribution in [0.2, 0.25) is 0 Å². The van der Waals surface area contributed by atoms with Gasteiger partial charge >= 0.3 is 0 Å². The van der Waals surface area contributed by atoms with Crippen LogP contribution in [0.1, 0.15) is 23.1 Å². The highest BCUT2D eigenvalue weighted by Crippen LogP contribution is 2.31. The van der Waals surface area contributed by atoms with E-state index >= 15 is 0 Å². The molecular formula is C31H36O5. The Morgan fingerprint density at radius 2 is 1.17 bits per heavy atom. The van der Waals surface area contributed by atoms with Gasteiger partial charge in [-0.1, -0.05) is 97.1 Å². The molecule has 1 saturated heterocycles. The first kappa shape index (κ1) is 26.3. The molecule has 0 N–H and O–H groups in total. The Morgan fingerprint density at radius 1 is 0.667 bits per heavy atom. The fourth-order valence-corrected chi connectivity index (χ4v) is 4.56. The van der Waals surface area contributed by atoms with E-state index in [4.69, 9.17) is 23.7 Å². The van der Waals surface area contributed by atoms with Gasteiger partial charge in [-0.3, -0.25) is 0 Å². The van der Waals surface area contributed by atoms with Crippen molar-refractivity contribution in [1.29, 1.82) is 0 Å². The molecule has 5 atom stereocenters. The maximum Gasteiger partial charge on any atom is 0.115 e. The van der Waals surface area contributed by atoms with Crippen LogP contribution in [0.15, 0.2) is 104 Å². The molecule has 0 radical (unpaired) electrons. The maximum atomic E-state index is 6.53. The van der Waals surface area contributed by atoms with E-state index in [-0.39, 0.29) is 30.5 Å². The lowest BCUT2D eigenvalue weighted by Gasteiger charge is -2.45. The number of ether oxygens (including phenoxy) is 5. The minimum Gasteiger partial charge on any atom is -0.376 e. The third-order valence-corrected chi connectivity index (χ3v) is 6.37. The topological polar surface area (TPSA) is 46.2 Å². The Hall–Kier alpha value is -2.80. The first-order valence-corrected chi connectivity index (χ1v) is 12.5. The molecule has 1 aliphatic heterocycles. The fourth-order valence-electron chi connectivity index (χ4n) is 4.56. The number of rotatable bonds is 13. The summed E-state index contributed by atoms with van der Waals surface area (Å²) in [6.45, 7) is 5.70.